The van der Waals surface area contributed by atoms with Crippen LogP contribution in [0.25, 0.3) is 0 Å². The molecule has 6 nitrogen and oxygen atoms in total. The number of hydrogen-bond donors (Lipinski definition) is 1. The van der Waals surface area contributed by atoms with E-state index >= 15 is 0 Å². The third-order valence-corrected chi connectivity index (χ3v) is 5.33. The highest BCUT2D eigenvalue weighted by atomic mass is 16.5. The van der Waals surface area contributed by atoms with Crippen molar-refractivity contribution < 1.29 is 14.3 Å². The van der Waals surface area contributed by atoms with Gasteiger partial charge in [-0.2, -0.15) is 0 Å². The van der Waals surface area contributed by atoms with Gasteiger partial charge in [0.05, 0.1) is 13.0 Å². The first-order valence-corrected chi connectivity index (χ1v) is 10.2. The van der Waals surface area contributed by atoms with Gasteiger partial charge in [0.1, 0.15) is 6.10 Å². The van der Waals surface area contributed by atoms with E-state index in [1.54, 1.807) is 6.07 Å². The van der Waals surface area contributed by atoms with E-state index in [0.29, 0.717) is 37.2 Å². The van der Waals surface area contributed by atoms with Crippen molar-refractivity contribution in [2.75, 3.05) is 18.8 Å². The van der Waals surface area contributed by atoms with E-state index in [1.165, 1.54) is 11.8 Å². The number of amides is 1. The molecule has 3 rings (SSSR count). The summed E-state index contributed by atoms with van der Waals surface area (Å²) in [6.45, 7) is 7.18. The molecule has 29 heavy (non-hydrogen) atoms. The Balaban J connectivity index is 1.65. The van der Waals surface area contributed by atoms with Gasteiger partial charge in [-0.3, -0.25) is 9.59 Å². The molecule has 154 valence electrons. The van der Waals surface area contributed by atoms with Crippen molar-refractivity contribution in [1.82, 2.24) is 9.88 Å². The first kappa shape index (κ1) is 20.8. The first-order valence-electron chi connectivity index (χ1n) is 10.2. The lowest BCUT2D eigenvalue weighted by Gasteiger charge is -2.19. The summed E-state index contributed by atoms with van der Waals surface area (Å²) in [5.41, 5.74) is 8.66. The lowest BCUT2D eigenvalue weighted by molar-refractivity contribution is -0.129. The van der Waals surface area contributed by atoms with E-state index in [-0.39, 0.29) is 29.5 Å². The third kappa shape index (κ3) is 5.13. The summed E-state index contributed by atoms with van der Waals surface area (Å²) >= 11 is 0. The molecule has 2 atom stereocenters. The number of likely N-dealkylation sites (tertiary alicyclic amines) is 1. The third-order valence-electron chi connectivity index (χ3n) is 5.33. The number of carbonyl (C=O) groups excluding carboxylic acids is 2. The summed E-state index contributed by atoms with van der Waals surface area (Å²) in [5, 5.41) is 0. The standard InChI is InChI=1S/C23H29N3O3/c1-4-5-19(27)18-11-20(23(24)25-12-18)29-21-14-26(13-16(21)3)22(28)10-17-8-6-15(2)7-9-17/h6-9,11-12,16,21H,4-5,10,13-14H2,1-3H3,(H2,24,25)/t16-,21-/m0/s1. The van der Waals surface area contributed by atoms with Crippen molar-refractivity contribution >= 4 is 17.5 Å². The molecule has 1 amide bonds. The van der Waals surface area contributed by atoms with Gasteiger partial charge in [-0.1, -0.05) is 43.7 Å². The molecule has 0 saturated carbocycles. The zero-order valence-electron chi connectivity index (χ0n) is 17.4. The van der Waals surface area contributed by atoms with Crippen LogP contribution in [-0.4, -0.2) is 40.8 Å². The van der Waals surface area contributed by atoms with Crippen LogP contribution in [-0.2, 0) is 11.2 Å². The number of carbonyl (C=O) groups is 2. The molecular weight excluding hydrogens is 366 g/mol. The number of nitrogens with zero attached hydrogens (tertiary/aromatic N) is 2. The van der Waals surface area contributed by atoms with Crippen molar-refractivity contribution in [3.63, 3.8) is 0 Å². The van der Waals surface area contributed by atoms with E-state index in [4.69, 9.17) is 10.5 Å². The van der Waals surface area contributed by atoms with E-state index in [1.807, 2.05) is 43.0 Å². The zero-order chi connectivity index (χ0) is 21.0. The monoisotopic (exact) mass is 395 g/mol. The minimum absolute atomic E-state index is 0.0271. The second-order valence-electron chi connectivity index (χ2n) is 7.88. The minimum atomic E-state index is -0.183. The van der Waals surface area contributed by atoms with E-state index in [0.717, 1.165) is 12.0 Å². The Bertz CT molecular complexity index is 879. The summed E-state index contributed by atoms with van der Waals surface area (Å²) < 4.78 is 6.10. The summed E-state index contributed by atoms with van der Waals surface area (Å²) in [7, 11) is 0. The molecule has 0 unspecified atom stereocenters. The summed E-state index contributed by atoms with van der Waals surface area (Å²) in [4.78, 5) is 30.8. The van der Waals surface area contributed by atoms with Crippen molar-refractivity contribution in [3.05, 3.63) is 53.2 Å². The van der Waals surface area contributed by atoms with Crippen LogP contribution < -0.4 is 10.5 Å². The number of aromatic nitrogens is 1. The van der Waals surface area contributed by atoms with Gasteiger partial charge >= 0.3 is 0 Å². The molecule has 2 N–H and O–H groups in total. The van der Waals surface area contributed by atoms with E-state index in [9.17, 15) is 9.59 Å². The van der Waals surface area contributed by atoms with Crippen LogP contribution in [0.15, 0.2) is 36.5 Å². The van der Waals surface area contributed by atoms with Crippen LogP contribution in [0.3, 0.4) is 0 Å². The summed E-state index contributed by atoms with van der Waals surface area (Å²) in [6, 6.07) is 9.69. The Morgan fingerprint density at radius 2 is 1.97 bits per heavy atom. The molecule has 1 aromatic heterocycles. The first-order chi connectivity index (χ1) is 13.9. The maximum absolute atomic E-state index is 12.7. The van der Waals surface area contributed by atoms with E-state index in [2.05, 4.69) is 11.9 Å². The Kier molecular flexibility index (Phi) is 6.52. The number of aryl methyl sites for hydroxylation is 1. The van der Waals surface area contributed by atoms with Crippen molar-refractivity contribution in [3.8, 4) is 5.75 Å². The fourth-order valence-electron chi connectivity index (χ4n) is 3.52. The highest BCUT2D eigenvalue weighted by Gasteiger charge is 2.34. The fourth-order valence-corrected chi connectivity index (χ4v) is 3.52. The number of nitrogen functional groups attached to an aromatic ring is 1. The summed E-state index contributed by atoms with van der Waals surface area (Å²) in [5.74, 6) is 0.946. The van der Waals surface area contributed by atoms with Crippen molar-refractivity contribution in [2.45, 2.75) is 46.1 Å². The number of benzene rings is 1. The highest BCUT2D eigenvalue weighted by Crippen LogP contribution is 2.27. The number of ketones is 1. The van der Waals surface area contributed by atoms with Gasteiger partial charge in [-0.15, -0.1) is 0 Å². The number of pyridine rings is 1. The summed E-state index contributed by atoms with van der Waals surface area (Å²) in [6.07, 6.45) is 2.93. The lowest BCUT2D eigenvalue weighted by atomic mass is 10.1. The largest absolute Gasteiger partial charge is 0.484 e. The average molecular weight is 396 g/mol. The van der Waals surface area contributed by atoms with E-state index < -0.39 is 0 Å². The van der Waals surface area contributed by atoms with Crippen LogP contribution in [0, 0.1) is 12.8 Å². The van der Waals surface area contributed by atoms with Crippen molar-refractivity contribution in [2.24, 2.45) is 5.92 Å². The number of Topliss-reactive ketones (excluding diaryl/α,β-unsaturated/α-hetero) is 1. The molecule has 0 bridgehead atoms. The Hall–Kier alpha value is -2.89. The second kappa shape index (κ2) is 9.07. The number of hydrogen-bond acceptors (Lipinski definition) is 5. The molecule has 0 radical (unpaired) electrons. The van der Waals surface area contributed by atoms with Gasteiger partial charge in [0.25, 0.3) is 0 Å². The molecule has 2 heterocycles. The molecule has 0 spiro atoms. The normalized spacial score (nSPS) is 18.7. The minimum Gasteiger partial charge on any atom is -0.484 e. The maximum atomic E-state index is 12.7. The van der Waals surface area contributed by atoms with Crippen LogP contribution in [0.4, 0.5) is 5.82 Å². The Labute approximate surface area is 172 Å². The van der Waals surface area contributed by atoms with Gasteiger partial charge in [0, 0.05) is 30.6 Å². The van der Waals surface area contributed by atoms with Crippen molar-refractivity contribution in [1.29, 1.82) is 0 Å². The second-order valence-corrected chi connectivity index (χ2v) is 7.88. The molecule has 2 aromatic rings. The molecule has 1 aromatic carbocycles. The maximum Gasteiger partial charge on any atom is 0.227 e. The Morgan fingerprint density at radius 1 is 1.24 bits per heavy atom. The molecule has 1 fully saturated rings. The number of rotatable bonds is 7. The fraction of sp³-hybridized carbons (Fsp3) is 0.435. The van der Waals surface area contributed by atoms with Crippen LogP contribution in [0.5, 0.6) is 5.75 Å². The predicted molar refractivity (Wildman–Crippen MR) is 113 cm³/mol. The predicted octanol–water partition coefficient (Wildman–Crippen LogP) is 3.42. The molecular formula is C23H29N3O3. The van der Waals surface area contributed by atoms with Crippen LogP contribution >= 0.6 is 0 Å². The molecule has 1 aliphatic rings. The van der Waals surface area contributed by atoms with Crippen LogP contribution in [0.1, 0.15) is 48.2 Å². The quantitative estimate of drug-likeness (QED) is 0.726. The van der Waals surface area contributed by atoms with Gasteiger partial charge < -0.3 is 15.4 Å². The van der Waals surface area contributed by atoms with Gasteiger partial charge in [0.2, 0.25) is 5.91 Å². The topological polar surface area (TPSA) is 85.5 Å². The van der Waals surface area contributed by atoms with Gasteiger partial charge in [-0.05, 0) is 25.0 Å². The molecule has 6 heteroatoms. The SMILES string of the molecule is CCCC(=O)c1cnc(N)c(O[C@H]2CN(C(=O)Cc3ccc(C)cc3)C[C@@H]2C)c1. The zero-order valence-corrected chi connectivity index (χ0v) is 17.4. The number of anilines is 1. The van der Waals surface area contributed by atoms with Gasteiger partial charge in [0.15, 0.2) is 17.4 Å². The number of ether oxygens (including phenoxy) is 1. The average Bonchev–Trinajstić information content (AvgIpc) is 3.06. The lowest BCUT2D eigenvalue weighted by Crippen LogP contribution is -2.32. The number of nitrogens with two attached hydrogens (primary N) is 1. The molecule has 1 saturated heterocycles. The van der Waals surface area contributed by atoms with Crippen LogP contribution in [0.2, 0.25) is 0 Å². The Morgan fingerprint density at radius 3 is 2.66 bits per heavy atom. The smallest absolute Gasteiger partial charge is 0.227 e. The molecule has 1 aliphatic heterocycles. The van der Waals surface area contributed by atoms with Gasteiger partial charge in [-0.25, -0.2) is 4.98 Å². The molecule has 0 aliphatic carbocycles. The highest BCUT2D eigenvalue weighted by molar-refractivity contribution is 5.96.